The fourth-order valence-corrected chi connectivity index (χ4v) is 6.22. The van der Waals surface area contributed by atoms with Gasteiger partial charge < -0.3 is 18.9 Å². The van der Waals surface area contributed by atoms with E-state index in [1.807, 2.05) is 23.9 Å². The van der Waals surface area contributed by atoms with Crippen molar-refractivity contribution in [2.45, 2.75) is 115 Å². The average molecular weight is 613 g/mol. The highest BCUT2D eigenvalue weighted by Gasteiger charge is 2.25. The van der Waals surface area contributed by atoms with Gasteiger partial charge in [0.1, 0.15) is 5.56 Å². The number of thioether (sulfide) groups is 1. The lowest BCUT2D eigenvalue weighted by Crippen LogP contribution is -2.06. The minimum atomic E-state index is -0.257. The highest BCUT2D eigenvalue weighted by molar-refractivity contribution is 7.99. The Morgan fingerprint density at radius 1 is 0.628 bits per heavy atom. The zero-order chi connectivity index (χ0) is 31.1. The van der Waals surface area contributed by atoms with Gasteiger partial charge in [0.15, 0.2) is 28.8 Å². The van der Waals surface area contributed by atoms with Crippen LogP contribution < -0.4 is 18.9 Å². The third-order valence-corrected chi connectivity index (χ3v) is 8.93. The smallest absolute Gasteiger partial charge is 0.193 e. The lowest BCUT2D eigenvalue weighted by molar-refractivity contribution is 0.104. The van der Waals surface area contributed by atoms with Gasteiger partial charge in [-0.2, -0.15) is 0 Å². The van der Waals surface area contributed by atoms with Crippen LogP contribution in [0.3, 0.4) is 0 Å². The molecular weight excluding hydrogens is 556 g/mol. The number of benzene rings is 2. The van der Waals surface area contributed by atoms with Crippen molar-refractivity contribution >= 4 is 23.6 Å². The number of ketones is 1. The van der Waals surface area contributed by atoms with Crippen molar-refractivity contribution in [3.63, 3.8) is 0 Å². The van der Waals surface area contributed by atoms with Crippen LogP contribution in [0.1, 0.15) is 126 Å². The molecule has 0 amide bonds. The molecule has 0 aliphatic carbocycles. The van der Waals surface area contributed by atoms with Crippen molar-refractivity contribution in [3.8, 4) is 23.0 Å². The van der Waals surface area contributed by atoms with Crippen molar-refractivity contribution < 1.29 is 23.7 Å². The second kappa shape index (κ2) is 22.9. The van der Waals surface area contributed by atoms with Crippen molar-refractivity contribution in [2.24, 2.45) is 0 Å². The molecule has 0 unspecified atom stereocenters. The summed E-state index contributed by atoms with van der Waals surface area (Å²) in [5.41, 5.74) is 1.22. The van der Waals surface area contributed by atoms with Gasteiger partial charge in [0, 0.05) is 11.0 Å². The second-order valence-corrected chi connectivity index (χ2v) is 12.3. The second-order valence-electron chi connectivity index (χ2n) is 11.1. The van der Waals surface area contributed by atoms with E-state index in [4.69, 9.17) is 18.9 Å². The molecule has 0 bridgehead atoms. The van der Waals surface area contributed by atoms with E-state index in [0.29, 0.717) is 23.0 Å². The summed E-state index contributed by atoms with van der Waals surface area (Å²) in [5.74, 6) is 2.33. The van der Waals surface area contributed by atoms with Crippen LogP contribution in [-0.2, 0) is 0 Å². The molecule has 5 nitrogen and oxygen atoms in total. The lowest BCUT2D eigenvalue weighted by Gasteiger charge is -2.17. The van der Waals surface area contributed by atoms with Crippen LogP contribution in [0.2, 0.25) is 0 Å². The summed E-state index contributed by atoms with van der Waals surface area (Å²) in [6.45, 7) is 2.29. The van der Waals surface area contributed by atoms with Gasteiger partial charge in [-0.05, 0) is 35.9 Å². The summed E-state index contributed by atoms with van der Waals surface area (Å²) in [5, 5.41) is 0. The highest BCUT2D eigenvalue weighted by Crippen LogP contribution is 2.44. The van der Waals surface area contributed by atoms with Crippen LogP contribution in [0, 0.1) is 0 Å². The van der Waals surface area contributed by atoms with E-state index < -0.39 is 0 Å². The summed E-state index contributed by atoms with van der Waals surface area (Å²) < 4.78 is 21.8. The van der Waals surface area contributed by atoms with E-state index in [1.54, 1.807) is 12.1 Å². The van der Waals surface area contributed by atoms with Crippen LogP contribution >= 0.6 is 11.8 Å². The van der Waals surface area contributed by atoms with Gasteiger partial charge in [-0.1, -0.05) is 121 Å². The number of hydrogen-bond donors (Lipinski definition) is 0. The first-order valence-corrected chi connectivity index (χ1v) is 17.4. The van der Waals surface area contributed by atoms with E-state index in [-0.39, 0.29) is 11.3 Å². The van der Waals surface area contributed by atoms with E-state index >= 15 is 0 Å². The Bertz CT molecular complexity index is 1030. The SMILES string of the molecule is CCCCCCCCCCCCCCCCCCSc1ccc(/C=C/C(=O)c2c(OC)c(OC)cc(OC)c2OC)cc1. The summed E-state index contributed by atoms with van der Waals surface area (Å²) >= 11 is 1.90. The van der Waals surface area contributed by atoms with Gasteiger partial charge in [-0.25, -0.2) is 0 Å². The molecule has 0 atom stereocenters. The Morgan fingerprint density at radius 3 is 1.49 bits per heavy atom. The molecule has 2 rings (SSSR count). The van der Waals surface area contributed by atoms with Gasteiger partial charge >= 0.3 is 0 Å². The van der Waals surface area contributed by atoms with Crippen LogP contribution in [0.5, 0.6) is 23.0 Å². The first-order chi connectivity index (χ1) is 21.1. The number of unbranched alkanes of at least 4 members (excludes halogenated alkanes) is 15. The summed E-state index contributed by atoms with van der Waals surface area (Å²) in [6.07, 6.45) is 25.7. The number of carbonyl (C=O) groups is 1. The molecule has 2 aromatic rings. The molecular formula is C37H56O5S. The lowest BCUT2D eigenvalue weighted by atomic mass is 10.0. The van der Waals surface area contributed by atoms with Gasteiger partial charge in [0.2, 0.25) is 0 Å². The minimum Gasteiger partial charge on any atom is -0.493 e. The molecule has 0 aliphatic heterocycles. The predicted molar refractivity (Wildman–Crippen MR) is 183 cm³/mol. The summed E-state index contributed by atoms with van der Waals surface area (Å²) in [7, 11) is 6.04. The number of hydrogen-bond acceptors (Lipinski definition) is 6. The third-order valence-electron chi connectivity index (χ3n) is 7.83. The van der Waals surface area contributed by atoms with Crippen LogP contribution in [0.4, 0.5) is 0 Å². The normalized spacial score (nSPS) is 11.2. The maximum Gasteiger partial charge on any atom is 0.193 e. The zero-order valence-electron chi connectivity index (χ0n) is 27.5. The Morgan fingerprint density at radius 2 is 1.07 bits per heavy atom. The molecule has 0 aromatic heterocycles. The van der Waals surface area contributed by atoms with Crippen LogP contribution in [-0.4, -0.2) is 40.0 Å². The Balaban J connectivity index is 1.64. The predicted octanol–water partition coefficient (Wildman–Crippen LogP) is 11.0. The van der Waals surface area contributed by atoms with Gasteiger partial charge in [0.05, 0.1) is 28.4 Å². The van der Waals surface area contributed by atoms with Crippen LogP contribution in [0.15, 0.2) is 41.3 Å². The van der Waals surface area contributed by atoms with Gasteiger partial charge in [-0.3, -0.25) is 4.79 Å². The number of carbonyl (C=O) groups excluding carboxylic acids is 1. The van der Waals surface area contributed by atoms with Gasteiger partial charge in [-0.15, -0.1) is 11.8 Å². The fraction of sp³-hybridized carbons (Fsp3) is 0.595. The number of methoxy groups -OCH3 is 4. The maximum absolute atomic E-state index is 13.2. The maximum atomic E-state index is 13.2. The quantitative estimate of drug-likeness (QED) is 0.0481. The molecule has 0 N–H and O–H groups in total. The summed E-state index contributed by atoms with van der Waals surface area (Å²) in [6, 6.07) is 9.98. The third kappa shape index (κ3) is 13.7. The van der Waals surface area contributed by atoms with E-state index in [1.165, 1.54) is 142 Å². The topological polar surface area (TPSA) is 54.0 Å². The first-order valence-electron chi connectivity index (χ1n) is 16.4. The molecule has 6 heteroatoms. The molecule has 2 aromatic carbocycles. The Kier molecular flexibility index (Phi) is 19.5. The summed E-state index contributed by atoms with van der Waals surface area (Å²) in [4.78, 5) is 14.5. The largest absolute Gasteiger partial charge is 0.493 e. The van der Waals surface area contributed by atoms with Crippen LogP contribution in [0.25, 0.3) is 6.08 Å². The molecule has 0 saturated carbocycles. The standard InChI is InChI=1S/C37H56O5S/c1-6-7-8-9-10-11-12-13-14-15-16-17-18-19-20-21-28-43-31-25-22-30(23-26-31)24-27-32(38)35-36(41-4)33(39-2)29-34(40-3)37(35)42-5/h22-27,29H,6-21,28H2,1-5H3/b27-24+. The molecule has 0 saturated heterocycles. The first kappa shape index (κ1) is 36.6. The molecule has 0 aliphatic rings. The zero-order valence-corrected chi connectivity index (χ0v) is 28.3. The number of ether oxygens (including phenoxy) is 4. The molecule has 43 heavy (non-hydrogen) atoms. The van der Waals surface area contributed by atoms with E-state index in [9.17, 15) is 4.79 Å². The van der Waals surface area contributed by atoms with Crippen molar-refractivity contribution in [1.29, 1.82) is 0 Å². The van der Waals surface area contributed by atoms with Crippen molar-refractivity contribution in [3.05, 3.63) is 47.5 Å². The Hall–Kier alpha value is -2.60. The number of rotatable bonds is 25. The fourth-order valence-electron chi connectivity index (χ4n) is 5.30. The monoisotopic (exact) mass is 612 g/mol. The molecule has 0 heterocycles. The van der Waals surface area contributed by atoms with Crippen molar-refractivity contribution in [2.75, 3.05) is 34.2 Å². The molecule has 0 radical (unpaired) electrons. The molecule has 240 valence electrons. The van der Waals surface area contributed by atoms with Crippen molar-refractivity contribution in [1.82, 2.24) is 0 Å². The van der Waals surface area contributed by atoms with E-state index in [0.717, 1.165) is 11.3 Å². The highest BCUT2D eigenvalue weighted by atomic mass is 32.2. The molecule has 0 spiro atoms. The number of allylic oxidation sites excluding steroid dienone is 1. The molecule has 0 fully saturated rings. The Labute approximate surface area is 266 Å². The average Bonchev–Trinajstić information content (AvgIpc) is 3.04. The van der Waals surface area contributed by atoms with Gasteiger partial charge in [0.25, 0.3) is 0 Å². The van der Waals surface area contributed by atoms with E-state index in [2.05, 4.69) is 19.1 Å². The minimum absolute atomic E-state index is 0.257.